The number of aliphatic hydroxyl groups excluding tert-OH is 1. The molecule has 1 fully saturated rings. The summed E-state index contributed by atoms with van der Waals surface area (Å²) in [6.07, 6.45) is 0.387. The van der Waals surface area contributed by atoms with Crippen LogP contribution in [-0.4, -0.2) is 49.6 Å². The number of hydrogen-bond donors (Lipinski definition) is 1. The molecule has 3 aromatic rings. The molecule has 1 aliphatic rings. The smallest absolute Gasteiger partial charge is 0.295 e. The molecule has 1 N–H and O–H groups in total. The second-order valence-electron chi connectivity index (χ2n) is 9.12. The van der Waals surface area contributed by atoms with Crippen molar-refractivity contribution in [1.82, 2.24) is 4.90 Å². The fourth-order valence-electron chi connectivity index (χ4n) is 4.79. The summed E-state index contributed by atoms with van der Waals surface area (Å²) in [6, 6.07) is 13.7. The Kier molecular flexibility index (Phi) is 7.71. The maximum atomic E-state index is 13.4. The molecule has 198 valence electrons. The number of carbonyl (C=O) groups is 2. The third-order valence-electron chi connectivity index (χ3n) is 6.81. The van der Waals surface area contributed by atoms with Crippen molar-refractivity contribution in [3.05, 3.63) is 93.8 Å². The molecule has 38 heavy (non-hydrogen) atoms. The number of Topliss-reactive ketones (excluding diaryl/α,β-unsaturated/α-hetero) is 1. The van der Waals surface area contributed by atoms with E-state index < -0.39 is 17.7 Å². The maximum absolute atomic E-state index is 13.4. The van der Waals surface area contributed by atoms with Gasteiger partial charge in [0.1, 0.15) is 17.3 Å². The van der Waals surface area contributed by atoms with Crippen LogP contribution in [0.5, 0.6) is 17.2 Å². The van der Waals surface area contributed by atoms with Crippen LogP contribution in [0, 0.1) is 19.7 Å². The molecule has 0 aromatic heterocycles. The fraction of sp³-hybridized carbons (Fsp3) is 0.267. The predicted molar refractivity (Wildman–Crippen MR) is 141 cm³/mol. The highest BCUT2D eigenvalue weighted by molar-refractivity contribution is 6.46. The van der Waals surface area contributed by atoms with Gasteiger partial charge in [0.2, 0.25) is 0 Å². The van der Waals surface area contributed by atoms with Gasteiger partial charge in [-0.25, -0.2) is 4.39 Å². The number of carbonyl (C=O) groups excluding carboxylic acids is 2. The number of hydrogen-bond acceptors (Lipinski definition) is 6. The van der Waals surface area contributed by atoms with E-state index in [9.17, 15) is 19.1 Å². The predicted octanol–water partition coefficient (Wildman–Crippen LogP) is 5.13. The van der Waals surface area contributed by atoms with Crippen molar-refractivity contribution in [3.63, 3.8) is 0 Å². The van der Waals surface area contributed by atoms with Crippen molar-refractivity contribution in [2.75, 3.05) is 27.9 Å². The lowest BCUT2D eigenvalue weighted by molar-refractivity contribution is -0.139. The molecular weight excluding hydrogens is 489 g/mol. The van der Waals surface area contributed by atoms with Gasteiger partial charge in [0.15, 0.2) is 11.5 Å². The summed E-state index contributed by atoms with van der Waals surface area (Å²) in [5.74, 6) is -0.576. The second kappa shape index (κ2) is 11.0. The van der Waals surface area contributed by atoms with E-state index in [1.54, 1.807) is 56.5 Å². The highest BCUT2D eigenvalue weighted by Crippen LogP contribution is 2.42. The molecule has 0 spiro atoms. The minimum absolute atomic E-state index is 0.0195. The van der Waals surface area contributed by atoms with E-state index >= 15 is 0 Å². The average molecular weight is 520 g/mol. The van der Waals surface area contributed by atoms with Crippen LogP contribution in [0.15, 0.2) is 60.2 Å². The first kappa shape index (κ1) is 26.7. The lowest BCUT2D eigenvalue weighted by Crippen LogP contribution is -2.31. The minimum atomic E-state index is -0.878. The summed E-state index contributed by atoms with van der Waals surface area (Å²) in [7, 11) is 4.57. The number of ether oxygens (including phenoxy) is 3. The van der Waals surface area contributed by atoms with E-state index in [1.807, 2.05) is 6.92 Å². The van der Waals surface area contributed by atoms with Crippen molar-refractivity contribution in [3.8, 4) is 17.2 Å². The topological polar surface area (TPSA) is 85.3 Å². The largest absolute Gasteiger partial charge is 0.507 e. The number of nitrogens with zero attached hydrogens (tertiary/aromatic N) is 1. The highest BCUT2D eigenvalue weighted by Gasteiger charge is 2.46. The van der Waals surface area contributed by atoms with Crippen molar-refractivity contribution >= 4 is 17.4 Å². The fourth-order valence-corrected chi connectivity index (χ4v) is 4.79. The van der Waals surface area contributed by atoms with Crippen molar-refractivity contribution in [2.24, 2.45) is 0 Å². The van der Waals surface area contributed by atoms with Gasteiger partial charge in [0.25, 0.3) is 11.7 Å². The standard InChI is InChI=1S/C30H30FNO6/c1-17-15-24(37-4)18(2)14-22(17)28(33)26-27(20-8-11-23(36-3)25(16-20)38-5)32(30(35)29(26)34)13-12-19-6-9-21(31)10-7-19/h6-11,14-16,27,33H,12-13H2,1-5H3/b28-26+. The molecule has 4 rings (SSSR count). The third kappa shape index (κ3) is 4.94. The number of benzene rings is 3. The van der Waals surface area contributed by atoms with Gasteiger partial charge in [-0.2, -0.15) is 0 Å². The monoisotopic (exact) mass is 519 g/mol. The van der Waals surface area contributed by atoms with Gasteiger partial charge in [0, 0.05) is 12.1 Å². The summed E-state index contributed by atoms with van der Waals surface area (Å²) in [6.45, 7) is 3.81. The molecule has 7 nitrogen and oxygen atoms in total. The summed E-state index contributed by atoms with van der Waals surface area (Å²) >= 11 is 0. The van der Waals surface area contributed by atoms with Crippen LogP contribution in [0.25, 0.3) is 5.76 Å². The second-order valence-corrected chi connectivity index (χ2v) is 9.12. The molecular formula is C30H30FNO6. The molecule has 8 heteroatoms. The Morgan fingerprint density at radius 3 is 2.16 bits per heavy atom. The van der Waals surface area contributed by atoms with Crippen LogP contribution in [0.3, 0.4) is 0 Å². The minimum Gasteiger partial charge on any atom is -0.507 e. The van der Waals surface area contributed by atoms with Gasteiger partial charge < -0.3 is 24.2 Å². The van der Waals surface area contributed by atoms with E-state index in [2.05, 4.69) is 0 Å². The zero-order chi connectivity index (χ0) is 27.6. The molecule has 1 saturated heterocycles. The van der Waals surface area contributed by atoms with Gasteiger partial charge in [0.05, 0.1) is 32.9 Å². The van der Waals surface area contributed by atoms with Gasteiger partial charge in [-0.3, -0.25) is 9.59 Å². The molecule has 1 amide bonds. The average Bonchev–Trinajstić information content (AvgIpc) is 3.17. The Labute approximate surface area is 221 Å². The van der Waals surface area contributed by atoms with E-state index in [-0.39, 0.29) is 23.7 Å². The molecule has 0 saturated carbocycles. The van der Waals surface area contributed by atoms with Crippen LogP contribution < -0.4 is 14.2 Å². The first-order chi connectivity index (χ1) is 18.2. The van der Waals surface area contributed by atoms with Gasteiger partial charge in [-0.15, -0.1) is 0 Å². The van der Waals surface area contributed by atoms with Crippen LogP contribution in [0.1, 0.15) is 33.9 Å². The summed E-state index contributed by atoms with van der Waals surface area (Å²) in [4.78, 5) is 28.2. The van der Waals surface area contributed by atoms with E-state index in [4.69, 9.17) is 14.2 Å². The molecule has 1 heterocycles. The first-order valence-corrected chi connectivity index (χ1v) is 12.1. The molecule has 0 aliphatic carbocycles. The number of methoxy groups -OCH3 is 3. The lowest BCUT2D eigenvalue weighted by atomic mass is 9.92. The zero-order valence-corrected chi connectivity index (χ0v) is 22.0. The maximum Gasteiger partial charge on any atom is 0.295 e. The Morgan fingerprint density at radius 1 is 0.868 bits per heavy atom. The van der Waals surface area contributed by atoms with Crippen molar-refractivity contribution in [1.29, 1.82) is 0 Å². The van der Waals surface area contributed by atoms with Gasteiger partial charge in [-0.05, 0) is 78.9 Å². The van der Waals surface area contributed by atoms with Crippen LogP contribution >= 0.6 is 0 Å². The Hall–Kier alpha value is -4.33. The number of ketones is 1. The third-order valence-corrected chi connectivity index (χ3v) is 6.81. The van der Waals surface area contributed by atoms with E-state index in [0.717, 1.165) is 11.1 Å². The molecule has 3 aromatic carbocycles. The molecule has 0 radical (unpaired) electrons. The van der Waals surface area contributed by atoms with E-state index in [1.165, 1.54) is 31.3 Å². The number of aliphatic hydroxyl groups is 1. The SMILES string of the molecule is COc1cc(C)c(/C(O)=C2\C(=O)C(=O)N(CCc3ccc(F)cc3)C2c2ccc(OC)c(OC)c2)cc1C. The first-order valence-electron chi connectivity index (χ1n) is 12.1. The molecule has 0 bridgehead atoms. The number of likely N-dealkylation sites (tertiary alicyclic amines) is 1. The number of amides is 1. The Balaban J connectivity index is 1.86. The highest BCUT2D eigenvalue weighted by atomic mass is 19.1. The summed E-state index contributed by atoms with van der Waals surface area (Å²) in [5.41, 5.74) is 3.26. The molecule has 1 aliphatic heterocycles. The van der Waals surface area contributed by atoms with Gasteiger partial charge in [-0.1, -0.05) is 18.2 Å². The number of aryl methyl sites for hydroxylation is 2. The lowest BCUT2D eigenvalue weighted by Gasteiger charge is -2.26. The number of halogens is 1. The van der Waals surface area contributed by atoms with Crippen LogP contribution in [-0.2, 0) is 16.0 Å². The summed E-state index contributed by atoms with van der Waals surface area (Å²) in [5, 5.41) is 11.5. The van der Waals surface area contributed by atoms with E-state index in [0.29, 0.717) is 40.4 Å². The van der Waals surface area contributed by atoms with Crippen LogP contribution in [0.2, 0.25) is 0 Å². The van der Waals surface area contributed by atoms with Gasteiger partial charge >= 0.3 is 0 Å². The zero-order valence-electron chi connectivity index (χ0n) is 22.0. The normalized spacial score (nSPS) is 16.6. The number of rotatable bonds is 8. The molecule has 1 unspecified atom stereocenters. The van der Waals surface area contributed by atoms with Crippen molar-refractivity contribution in [2.45, 2.75) is 26.3 Å². The quantitative estimate of drug-likeness (QED) is 0.252. The molecule has 1 atom stereocenters. The Bertz CT molecular complexity index is 1410. The summed E-state index contributed by atoms with van der Waals surface area (Å²) < 4.78 is 29.6. The van der Waals surface area contributed by atoms with Crippen molar-refractivity contribution < 1.29 is 33.3 Å². The Morgan fingerprint density at radius 2 is 1.53 bits per heavy atom. The van der Waals surface area contributed by atoms with Crippen LogP contribution in [0.4, 0.5) is 4.39 Å².